The molecule has 0 aliphatic carbocycles. The zero-order valence-corrected chi connectivity index (χ0v) is 9.76. The van der Waals surface area contributed by atoms with E-state index < -0.39 is 5.97 Å². The van der Waals surface area contributed by atoms with Gasteiger partial charge in [0.2, 0.25) is 0 Å². The van der Waals surface area contributed by atoms with Crippen LogP contribution in [0.25, 0.3) is 0 Å². The van der Waals surface area contributed by atoms with Gasteiger partial charge in [0.15, 0.2) is 5.69 Å². The standard InChI is InChI=1S/C10H15NO3S/c1-3-4-7-9(10(12)13)11-8(15-7)5-6-14-2/h3-6H2,1-2H3,(H,12,13). The molecule has 0 aromatic carbocycles. The minimum atomic E-state index is -0.932. The highest BCUT2D eigenvalue weighted by molar-refractivity contribution is 7.11. The molecule has 15 heavy (non-hydrogen) atoms. The van der Waals surface area contributed by atoms with Gasteiger partial charge in [-0.25, -0.2) is 9.78 Å². The Morgan fingerprint density at radius 3 is 2.80 bits per heavy atom. The smallest absolute Gasteiger partial charge is 0.355 e. The Bertz CT molecular complexity index is 335. The summed E-state index contributed by atoms with van der Waals surface area (Å²) in [7, 11) is 1.62. The average molecular weight is 229 g/mol. The van der Waals surface area contributed by atoms with Gasteiger partial charge in [-0.05, 0) is 6.42 Å². The molecule has 1 aromatic heterocycles. The van der Waals surface area contributed by atoms with Gasteiger partial charge in [-0.15, -0.1) is 11.3 Å². The molecule has 4 nitrogen and oxygen atoms in total. The lowest BCUT2D eigenvalue weighted by Gasteiger charge is -1.92. The molecule has 0 fully saturated rings. The van der Waals surface area contributed by atoms with Crippen LogP contribution in [0.4, 0.5) is 0 Å². The summed E-state index contributed by atoms with van der Waals surface area (Å²) in [5.74, 6) is -0.932. The predicted octanol–water partition coefficient (Wildman–Crippen LogP) is 1.98. The average Bonchev–Trinajstić information content (AvgIpc) is 2.59. The Hall–Kier alpha value is -0.940. The van der Waals surface area contributed by atoms with Crippen LogP contribution in [0.3, 0.4) is 0 Å². The first kappa shape index (κ1) is 12.1. The van der Waals surface area contributed by atoms with E-state index in [0.717, 1.165) is 22.7 Å². The molecule has 0 saturated carbocycles. The van der Waals surface area contributed by atoms with E-state index in [1.165, 1.54) is 11.3 Å². The first-order chi connectivity index (χ1) is 7.19. The maximum atomic E-state index is 10.9. The van der Waals surface area contributed by atoms with Crippen molar-refractivity contribution in [3.05, 3.63) is 15.6 Å². The molecule has 0 bridgehead atoms. The maximum absolute atomic E-state index is 10.9. The number of nitrogens with zero attached hydrogens (tertiary/aromatic N) is 1. The predicted molar refractivity (Wildman–Crippen MR) is 58.6 cm³/mol. The number of ether oxygens (including phenoxy) is 1. The number of aromatic nitrogens is 1. The number of rotatable bonds is 6. The third-order valence-electron chi connectivity index (χ3n) is 1.94. The van der Waals surface area contributed by atoms with E-state index in [1.807, 2.05) is 6.92 Å². The van der Waals surface area contributed by atoms with Crippen LogP contribution in [0.5, 0.6) is 0 Å². The Labute approximate surface area is 92.9 Å². The number of carbonyl (C=O) groups is 1. The summed E-state index contributed by atoms with van der Waals surface area (Å²) in [4.78, 5) is 15.9. The van der Waals surface area contributed by atoms with Crippen molar-refractivity contribution in [3.8, 4) is 0 Å². The number of carboxylic acid groups (broad SMARTS) is 1. The molecule has 0 amide bonds. The Morgan fingerprint density at radius 2 is 2.27 bits per heavy atom. The molecule has 1 N–H and O–H groups in total. The molecule has 0 radical (unpaired) electrons. The fourth-order valence-electron chi connectivity index (χ4n) is 1.26. The summed E-state index contributed by atoms with van der Waals surface area (Å²) < 4.78 is 4.93. The first-order valence-electron chi connectivity index (χ1n) is 4.89. The van der Waals surface area contributed by atoms with Gasteiger partial charge in [-0.3, -0.25) is 0 Å². The van der Waals surface area contributed by atoms with E-state index in [2.05, 4.69) is 4.98 Å². The molecule has 5 heteroatoms. The summed E-state index contributed by atoms with van der Waals surface area (Å²) in [6.07, 6.45) is 2.41. The zero-order chi connectivity index (χ0) is 11.3. The van der Waals surface area contributed by atoms with Crippen LogP contribution < -0.4 is 0 Å². The van der Waals surface area contributed by atoms with Gasteiger partial charge in [-0.1, -0.05) is 13.3 Å². The third-order valence-corrected chi connectivity index (χ3v) is 3.12. The topological polar surface area (TPSA) is 59.4 Å². The van der Waals surface area contributed by atoms with Crippen molar-refractivity contribution < 1.29 is 14.6 Å². The molecule has 0 aliphatic rings. The van der Waals surface area contributed by atoms with Crippen molar-refractivity contribution in [3.63, 3.8) is 0 Å². The number of hydrogen-bond acceptors (Lipinski definition) is 4. The Balaban J connectivity index is 2.83. The van der Waals surface area contributed by atoms with Crippen molar-refractivity contribution in [1.82, 2.24) is 4.98 Å². The van der Waals surface area contributed by atoms with Gasteiger partial charge in [0.05, 0.1) is 11.6 Å². The van der Waals surface area contributed by atoms with E-state index in [0.29, 0.717) is 13.0 Å². The maximum Gasteiger partial charge on any atom is 0.355 e. The second kappa shape index (κ2) is 5.82. The summed E-state index contributed by atoms with van der Waals surface area (Å²) in [6, 6.07) is 0. The van der Waals surface area contributed by atoms with Crippen LogP contribution >= 0.6 is 11.3 Å². The molecule has 0 saturated heterocycles. The van der Waals surface area contributed by atoms with Gasteiger partial charge in [0.1, 0.15) is 0 Å². The molecule has 1 aromatic rings. The number of thiazole rings is 1. The third kappa shape index (κ3) is 3.28. The minimum absolute atomic E-state index is 0.216. The molecule has 0 atom stereocenters. The van der Waals surface area contributed by atoms with Crippen LogP contribution in [0, 0.1) is 0 Å². The van der Waals surface area contributed by atoms with Gasteiger partial charge in [0, 0.05) is 18.4 Å². The van der Waals surface area contributed by atoms with Crippen molar-refractivity contribution in [1.29, 1.82) is 0 Å². The van der Waals surface area contributed by atoms with E-state index in [-0.39, 0.29) is 5.69 Å². The number of carboxylic acids is 1. The lowest BCUT2D eigenvalue weighted by Crippen LogP contribution is -2.01. The molecule has 1 rings (SSSR count). The van der Waals surface area contributed by atoms with Crippen LogP contribution in [0.1, 0.15) is 33.7 Å². The highest BCUT2D eigenvalue weighted by Crippen LogP contribution is 2.20. The largest absolute Gasteiger partial charge is 0.476 e. The number of hydrogen-bond donors (Lipinski definition) is 1. The molecule has 1 heterocycles. The van der Waals surface area contributed by atoms with E-state index in [9.17, 15) is 4.79 Å². The highest BCUT2D eigenvalue weighted by atomic mass is 32.1. The molecular formula is C10H15NO3S. The fourth-order valence-corrected chi connectivity index (χ4v) is 2.40. The lowest BCUT2D eigenvalue weighted by atomic mass is 10.2. The summed E-state index contributed by atoms with van der Waals surface area (Å²) in [5.41, 5.74) is 0.216. The van der Waals surface area contributed by atoms with Gasteiger partial charge >= 0.3 is 5.97 Å². The number of aryl methyl sites for hydroxylation is 1. The van der Waals surface area contributed by atoms with Gasteiger partial charge in [0.25, 0.3) is 0 Å². The van der Waals surface area contributed by atoms with Gasteiger partial charge in [-0.2, -0.15) is 0 Å². The van der Waals surface area contributed by atoms with Crippen molar-refractivity contribution >= 4 is 17.3 Å². The quantitative estimate of drug-likeness (QED) is 0.810. The molecular weight excluding hydrogens is 214 g/mol. The SMILES string of the molecule is CCCc1sc(CCOC)nc1C(=O)O. The van der Waals surface area contributed by atoms with Crippen molar-refractivity contribution in [2.24, 2.45) is 0 Å². The first-order valence-corrected chi connectivity index (χ1v) is 5.71. The minimum Gasteiger partial charge on any atom is -0.476 e. The Morgan fingerprint density at radius 1 is 1.53 bits per heavy atom. The fraction of sp³-hybridized carbons (Fsp3) is 0.600. The second-order valence-corrected chi connectivity index (χ2v) is 4.35. The summed E-state index contributed by atoms with van der Waals surface area (Å²) in [6.45, 7) is 2.61. The van der Waals surface area contributed by atoms with Crippen LogP contribution in [0.15, 0.2) is 0 Å². The number of methoxy groups -OCH3 is 1. The molecule has 84 valence electrons. The monoisotopic (exact) mass is 229 g/mol. The lowest BCUT2D eigenvalue weighted by molar-refractivity contribution is 0.0690. The van der Waals surface area contributed by atoms with E-state index in [1.54, 1.807) is 7.11 Å². The van der Waals surface area contributed by atoms with Crippen LogP contribution in [-0.2, 0) is 17.6 Å². The molecule has 0 unspecified atom stereocenters. The van der Waals surface area contributed by atoms with E-state index >= 15 is 0 Å². The highest BCUT2D eigenvalue weighted by Gasteiger charge is 2.16. The van der Waals surface area contributed by atoms with Crippen molar-refractivity contribution in [2.45, 2.75) is 26.2 Å². The molecule has 0 spiro atoms. The van der Waals surface area contributed by atoms with Crippen LogP contribution in [0.2, 0.25) is 0 Å². The zero-order valence-electron chi connectivity index (χ0n) is 8.95. The van der Waals surface area contributed by atoms with Crippen molar-refractivity contribution in [2.75, 3.05) is 13.7 Å². The molecule has 0 aliphatic heterocycles. The second-order valence-electron chi connectivity index (χ2n) is 3.18. The Kier molecular flexibility index (Phi) is 4.71. The summed E-state index contributed by atoms with van der Waals surface area (Å²) >= 11 is 1.48. The van der Waals surface area contributed by atoms with Crippen LogP contribution in [-0.4, -0.2) is 29.8 Å². The summed E-state index contributed by atoms with van der Waals surface area (Å²) in [5, 5.41) is 9.79. The number of aromatic carboxylic acids is 1. The van der Waals surface area contributed by atoms with Gasteiger partial charge < -0.3 is 9.84 Å². The van der Waals surface area contributed by atoms with E-state index in [4.69, 9.17) is 9.84 Å². The normalized spacial score (nSPS) is 10.5.